The maximum Gasteiger partial charge on any atom is 0.209 e. The van der Waals surface area contributed by atoms with Crippen LogP contribution < -0.4 is 0 Å². The van der Waals surface area contributed by atoms with Crippen LogP contribution in [-0.4, -0.2) is 26.7 Å². The number of furan rings is 1. The Bertz CT molecular complexity index is 692. The van der Waals surface area contributed by atoms with Crippen molar-refractivity contribution in [3.05, 3.63) is 54.3 Å². The predicted molar refractivity (Wildman–Crippen MR) is 75.6 cm³/mol. The third-order valence-electron chi connectivity index (χ3n) is 2.65. The van der Waals surface area contributed by atoms with Crippen LogP contribution in [0.25, 0.3) is 11.6 Å². The van der Waals surface area contributed by atoms with E-state index in [1.807, 2.05) is 18.2 Å². The van der Waals surface area contributed by atoms with E-state index in [0.29, 0.717) is 28.1 Å². The molecule has 0 saturated heterocycles. The normalized spacial score (nSPS) is 10.6. The number of aromatic amines is 1. The van der Waals surface area contributed by atoms with Crippen LogP contribution in [0.1, 0.15) is 10.4 Å². The molecule has 100 valence electrons. The lowest BCUT2D eigenvalue weighted by Crippen LogP contribution is -2.01. The number of nitrogens with one attached hydrogen (secondary N) is 1. The predicted octanol–water partition coefficient (Wildman–Crippen LogP) is 3.04. The summed E-state index contributed by atoms with van der Waals surface area (Å²) in [5, 5.41) is 7.37. The zero-order valence-corrected chi connectivity index (χ0v) is 11.3. The first-order chi connectivity index (χ1) is 9.83. The van der Waals surface area contributed by atoms with Crippen LogP contribution in [0.15, 0.2) is 58.3 Å². The average molecular weight is 285 g/mol. The molecule has 2 heterocycles. The number of rotatable bonds is 5. The number of thioether (sulfide) groups is 1. The molecule has 0 spiro atoms. The highest BCUT2D eigenvalue weighted by Crippen LogP contribution is 2.20. The molecular formula is C14H11N3O2S. The van der Waals surface area contributed by atoms with E-state index < -0.39 is 0 Å². The monoisotopic (exact) mass is 285 g/mol. The van der Waals surface area contributed by atoms with E-state index in [0.717, 1.165) is 0 Å². The molecule has 3 aromatic rings. The summed E-state index contributed by atoms with van der Waals surface area (Å²) in [6.07, 6.45) is 1.57. The standard InChI is InChI=1S/C14H11N3O2S/c18-11(10-5-2-1-3-6-10)9-20-14-15-13(16-17-14)12-7-4-8-19-12/h1-8H,9H2,(H,15,16,17). The highest BCUT2D eigenvalue weighted by molar-refractivity contribution is 7.99. The second kappa shape index (κ2) is 5.75. The number of carbonyl (C=O) groups excluding carboxylic acids is 1. The summed E-state index contributed by atoms with van der Waals surface area (Å²) in [6.45, 7) is 0. The number of H-pyrrole nitrogens is 1. The number of hydrogen-bond donors (Lipinski definition) is 1. The number of carbonyl (C=O) groups is 1. The Balaban J connectivity index is 1.63. The summed E-state index contributed by atoms with van der Waals surface area (Å²) in [4.78, 5) is 16.2. The zero-order chi connectivity index (χ0) is 13.8. The molecule has 1 aromatic carbocycles. The van der Waals surface area contributed by atoms with E-state index >= 15 is 0 Å². The molecule has 3 rings (SSSR count). The summed E-state index contributed by atoms with van der Waals surface area (Å²) in [6, 6.07) is 12.8. The van der Waals surface area contributed by atoms with Crippen LogP contribution in [0, 0.1) is 0 Å². The molecule has 1 N–H and O–H groups in total. The van der Waals surface area contributed by atoms with Crippen molar-refractivity contribution in [1.29, 1.82) is 0 Å². The fraction of sp³-hybridized carbons (Fsp3) is 0.0714. The van der Waals surface area contributed by atoms with Gasteiger partial charge in [0.2, 0.25) is 5.16 Å². The molecule has 6 heteroatoms. The molecule has 0 aliphatic carbocycles. The zero-order valence-electron chi connectivity index (χ0n) is 10.4. The largest absolute Gasteiger partial charge is 0.461 e. The van der Waals surface area contributed by atoms with E-state index in [1.54, 1.807) is 30.5 Å². The first-order valence-electron chi connectivity index (χ1n) is 6.00. The van der Waals surface area contributed by atoms with Crippen molar-refractivity contribution in [2.24, 2.45) is 0 Å². The van der Waals surface area contributed by atoms with Gasteiger partial charge in [-0.05, 0) is 12.1 Å². The van der Waals surface area contributed by atoms with Gasteiger partial charge in [0, 0.05) is 5.56 Å². The van der Waals surface area contributed by atoms with Gasteiger partial charge < -0.3 is 4.42 Å². The van der Waals surface area contributed by atoms with Crippen molar-refractivity contribution >= 4 is 17.5 Å². The number of benzene rings is 1. The van der Waals surface area contributed by atoms with Gasteiger partial charge in [0.15, 0.2) is 17.4 Å². The lowest BCUT2D eigenvalue weighted by molar-refractivity contribution is 0.102. The van der Waals surface area contributed by atoms with Crippen LogP contribution in [0.4, 0.5) is 0 Å². The summed E-state index contributed by atoms with van der Waals surface area (Å²) in [5.41, 5.74) is 0.696. The molecule has 0 bridgehead atoms. The quantitative estimate of drug-likeness (QED) is 0.576. The van der Waals surface area contributed by atoms with E-state index in [1.165, 1.54) is 11.8 Å². The molecule has 2 aromatic heterocycles. The molecule has 0 amide bonds. The third-order valence-corrected chi connectivity index (χ3v) is 3.49. The first kappa shape index (κ1) is 12.7. The van der Waals surface area contributed by atoms with Crippen molar-refractivity contribution in [3.8, 4) is 11.6 Å². The Labute approximate surface area is 119 Å². The van der Waals surface area contributed by atoms with E-state index in [2.05, 4.69) is 15.2 Å². The van der Waals surface area contributed by atoms with Crippen molar-refractivity contribution in [1.82, 2.24) is 15.2 Å². The highest BCUT2D eigenvalue weighted by Gasteiger charge is 2.11. The maximum atomic E-state index is 11.9. The molecule has 0 fully saturated rings. The van der Waals surface area contributed by atoms with Gasteiger partial charge in [0.25, 0.3) is 0 Å². The van der Waals surface area contributed by atoms with Gasteiger partial charge in [0.1, 0.15) is 0 Å². The topological polar surface area (TPSA) is 71.8 Å². The minimum absolute atomic E-state index is 0.0555. The number of aromatic nitrogens is 3. The molecule has 0 radical (unpaired) electrons. The van der Waals surface area contributed by atoms with Crippen molar-refractivity contribution < 1.29 is 9.21 Å². The Morgan fingerprint density at radius 2 is 2.05 bits per heavy atom. The van der Waals surface area contributed by atoms with Crippen LogP contribution in [0.3, 0.4) is 0 Å². The van der Waals surface area contributed by atoms with Crippen molar-refractivity contribution in [2.45, 2.75) is 5.16 Å². The Kier molecular flexibility index (Phi) is 3.64. The lowest BCUT2D eigenvalue weighted by Gasteiger charge is -1.97. The average Bonchev–Trinajstić information content (AvgIpc) is 3.16. The van der Waals surface area contributed by atoms with Gasteiger partial charge in [-0.3, -0.25) is 9.89 Å². The van der Waals surface area contributed by atoms with Crippen molar-refractivity contribution in [2.75, 3.05) is 5.75 Å². The molecule has 20 heavy (non-hydrogen) atoms. The molecule has 0 atom stereocenters. The first-order valence-corrected chi connectivity index (χ1v) is 6.99. The SMILES string of the molecule is O=C(CSc1n[nH]c(-c2ccco2)n1)c1ccccc1. The summed E-state index contributed by atoms with van der Waals surface area (Å²) >= 11 is 1.30. The van der Waals surface area contributed by atoms with Gasteiger partial charge in [-0.15, -0.1) is 5.10 Å². The van der Waals surface area contributed by atoms with Gasteiger partial charge in [0.05, 0.1) is 12.0 Å². The summed E-state index contributed by atoms with van der Waals surface area (Å²) < 4.78 is 5.22. The fourth-order valence-electron chi connectivity index (χ4n) is 1.67. The van der Waals surface area contributed by atoms with E-state index in [4.69, 9.17) is 4.42 Å². The maximum absolute atomic E-state index is 11.9. The fourth-order valence-corrected chi connectivity index (χ4v) is 2.36. The van der Waals surface area contributed by atoms with Crippen LogP contribution in [-0.2, 0) is 0 Å². The molecule has 0 aliphatic rings. The summed E-state index contributed by atoms with van der Waals surface area (Å²) in [5.74, 6) is 1.54. The minimum atomic E-state index is 0.0555. The van der Waals surface area contributed by atoms with Gasteiger partial charge in [-0.25, -0.2) is 0 Å². The summed E-state index contributed by atoms with van der Waals surface area (Å²) in [7, 11) is 0. The second-order valence-electron chi connectivity index (χ2n) is 4.02. The third kappa shape index (κ3) is 2.80. The highest BCUT2D eigenvalue weighted by atomic mass is 32.2. The number of ketones is 1. The van der Waals surface area contributed by atoms with Crippen LogP contribution in [0.5, 0.6) is 0 Å². The smallest absolute Gasteiger partial charge is 0.209 e. The Morgan fingerprint density at radius 3 is 2.80 bits per heavy atom. The van der Waals surface area contributed by atoms with Crippen molar-refractivity contribution in [3.63, 3.8) is 0 Å². The van der Waals surface area contributed by atoms with Gasteiger partial charge in [-0.2, -0.15) is 4.98 Å². The van der Waals surface area contributed by atoms with Gasteiger partial charge >= 0.3 is 0 Å². The van der Waals surface area contributed by atoms with Crippen LogP contribution in [0.2, 0.25) is 0 Å². The molecule has 0 saturated carbocycles. The number of Topliss-reactive ketones (excluding diaryl/α,β-unsaturated/α-hetero) is 1. The number of nitrogens with zero attached hydrogens (tertiary/aromatic N) is 2. The Hall–Kier alpha value is -2.34. The molecule has 5 nitrogen and oxygen atoms in total. The second-order valence-corrected chi connectivity index (χ2v) is 4.96. The lowest BCUT2D eigenvalue weighted by atomic mass is 10.2. The molecular weight excluding hydrogens is 274 g/mol. The Morgan fingerprint density at radius 1 is 1.20 bits per heavy atom. The van der Waals surface area contributed by atoms with E-state index in [-0.39, 0.29) is 5.78 Å². The van der Waals surface area contributed by atoms with Gasteiger partial charge in [-0.1, -0.05) is 42.1 Å². The molecule has 0 unspecified atom stereocenters. The van der Waals surface area contributed by atoms with E-state index in [9.17, 15) is 4.79 Å². The molecule has 0 aliphatic heterocycles. The van der Waals surface area contributed by atoms with Crippen LogP contribution >= 0.6 is 11.8 Å². The number of hydrogen-bond acceptors (Lipinski definition) is 5. The minimum Gasteiger partial charge on any atom is -0.461 e.